The Bertz CT molecular complexity index is 585. The Balaban J connectivity index is 1.87. The Morgan fingerprint density at radius 3 is 2.65 bits per heavy atom. The normalized spacial score (nSPS) is 10.1. The number of nitrogens with one attached hydrogen (secondary N) is 1. The van der Waals surface area contributed by atoms with Gasteiger partial charge in [0.25, 0.3) is 5.91 Å². The van der Waals surface area contributed by atoms with E-state index in [-0.39, 0.29) is 12.5 Å². The molecule has 2 rings (SSSR count). The molecule has 0 aliphatic rings. The van der Waals surface area contributed by atoms with Crippen LogP contribution < -0.4 is 15.8 Å². The van der Waals surface area contributed by atoms with Crippen LogP contribution in [0.3, 0.4) is 0 Å². The smallest absolute Gasteiger partial charge is 0.262 e. The lowest BCUT2D eigenvalue weighted by atomic mass is 10.2. The Morgan fingerprint density at radius 2 is 1.95 bits per heavy atom. The molecular weight excluding hydrogens is 320 g/mol. The highest BCUT2D eigenvalue weighted by atomic mass is 79.9. The molecule has 2 aromatic carbocycles. The van der Waals surface area contributed by atoms with Crippen LogP contribution in [0, 0.1) is 0 Å². The van der Waals surface area contributed by atoms with Gasteiger partial charge in [0.2, 0.25) is 0 Å². The standard InChI is InChI=1S/C15H15BrN2O2/c16-12-4-6-13(7-5-12)18-15(19)10-20-14-3-1-2-11(8-14)9-17/h1-8H,9-10,17H2,(H,18,19). The predicted octanol–water partition coefficient (Wildman–Crippen LogP) is 2.93. The van der Waals surface area contributed by atoms with E-state index in [0.717, 1.165) is 15.7 Å². The van der Waals surface area contributed by atoms with E-state index in [0.29, 0.717) is 12.3 Å². The number of nitrogens with two attached hydrogens (primary N) is 1. The van der Waals surface area contributed by atoms with E-state index in [1.165, 1.54) is 0 Å². The number of halogens is 1. The van der Waals surface area contributed by atoms with Gasteiger partial charge in [0.05, 0.1) is 0 Å². The largest absolute Gasteiger partial charge is 0.484 e. The molecule has 20 heavy (non-hydrogen) atoms. The third kappa shape index (κ3) is 4.36. The van der Waals surface area contributed by atoms with E-state index >= 15 is 0 Å². The van der Waals surface area contributed by atoms with E-state index in [2.05, 4.69) is 21.2 Å². The molecule has 0 saturated heterocycles. The molecule has 2 aromatic rings. The van der Waals surface area contributed by atoms with Crippen molar-refractivity contribution in [2.75, 3.05) is 11.9 Å². The molecule has 5 heteroatoms. The molecule has 0 unspecified atom stereocenters. The first-order valence-electron chi connectivity index (χ1n) is 6.14. The summed E-state index contributed by atoms with van der Waals surface area (Å²) in [5.74, 6) is 0.435. The second kappa shape index (κ2) is 7.07. The van der Waals surface area contributed by atoms with Crippen molar-refractivity contribution >= 4 is 27.5 Å². The summed E-state index contributed by atoms with van der Waals surface area (Å²) < 4.78 is 6.39. The zero-order valence-electron chi connectivity index (χ0n) is 10.8. The van der Waals surface area contributed by atoms with Gasteiger partial charge in [-0.2, -0.15) is 0 Å². The molecule has 0 bridgehead atoms. The maximum atomic E-state index is 11.8. The number of hydrogen-bond acceptors (Lipinski definition) is 3. The van der Waals surface area contributed by atoms with Crippen LogP contribution in [0.25, 0.3) is 0 Å². The van der Waals surface area contributed by atoms with Crippen LogP contribution in [-0.4, -0.2) is 12.5 Å². The molecule has 0 radical (unpaired) electrons. The number of amides is 1. The maximum absolute atomic E-state index is 11.8. The fraction of sp³-hybridized carbons (Fsp3) is 0.133. The molecule has 104 valence electrons. The van der Waals surface area contributed by atoms with Crippen molar-refractivity contribution < 1.29 is 9.53 Å². The van der Waals surface area contributed by atoms with Gasteiger partial charge in [-0.1, -0.05) is 28.1 Å². The fourth-order valence-electron chi connectivity index (χ4n) is 1.64. The van der Waals surface area contributed by atoms with Gasteiger partial charge in [-0.15, -0.1) is 0 Å². The second-order valence-corrected chi connectivity index (χ2v) is 5.11. The quantitative estimate of drug-likeness (QED) is 0.883. The van der Waals surface area contributed by atoms with Crippen molar-refractivity contribution in [2.45, 2.75) is 6.54 Å². The van der Waals surface area contributed by atoms with Gasteiger partial charge in [0.15, 0.2) is 6.61 Å². The number of rotatable bonds is 5. The second-order valence-electron chi connectivity index (χ2n) is 4.20. The zero-order valence-corrected chi connectivity index (χ0v) is 12.4. The van der Waals surface area contributed by atoms with Crippen LogP contribution in [0.5, 0.6) is 5.75 Å². The molecule has 4 nitrogen and oxygen atoms in total. The fourth-order valence-corrected chi connectivity index (χ4v) is 1.91. The van der Waals surface area contributed by atoms with Gasteiger partial charge in [-0.25, -0.2) is 0 Å². The number of anilines is 1. The molecule has 0 aromatic heterocycles. The van der Waals surface area contributed by atoms with Crippen molar-refractivity contribution in [3.63, 3.8) is 0 Å². The summed E-state index contributed by atoms with van der Waals surface area (Å²) in [5, 5.41) is 2.76. The summed E-state index contributed by atoms with van der Waals surface area (Å²) in [6.07, 6.45) is 0. The Labute approximate surface area is 126 Å². The molecular formula is C15H15BrN2O2. The third-order valence-electron chi connectivity index (χ3n) is 2.63. The minimum absolute atomic E-state index is 0.0376. The van der Waals surface area contributed by atoms with Crippen molar-refractivity contribution in [3.8, 4) is 5.75 Å². The minimum atomic E-state index is -0.203. The van der Waals surface area contributed by atoms with Gasteiger partial charge in [-0.3, -0.25) is 4.79 Å². The predicted molar refractivity (Wildman–Crippen MR) is 82.6 cm³/mol. The van der Waals surface area contributed by atoms with E-state index < -0.39 is 0 Å². The molecule has 0 atom stereocenters. The van der Waals surface area contributed by atoms with E-state index in [4.69, 9.17) is 10.5 Å². The summed E-state index contributed by atoms with van der Waals surface area (Å²) in [4.78, 5) is 11.8. The third-order valence-corrected chi connectivity index (χ3v) is 3.16. The number of ether oxygens (including phenoxy) is 1. The average Bonchev–Trinajstić information content (AvgIpc) is 2.48. The summed E-state index contributed by atoms with van der Waals surface area (Å²) in [5.41, 5.74) is 7.25. The van der Waals surface area contributed by atoms with Crippen molar-refractivity contribution in [2.24, 2.45) is 5.73 Å². The first kappa shape index (κ1) is 14.6. The summed E-state index contributed by atoms with van der Waals surface area (Å²) in [7, 11) is 0. The van der Waals surface area contributed by atoms with Gasteiger partial charge < -0.3 is 15.8 Å². The van der Waals surface area contributed by atoms with Gasteiger partial charge in [-0.05, 0) is 42.0 Å². The Morgan fingerprint density at radius 1 is 1.20 bits per heavy atom. The average molecular weight is 335 g/mol. The number of benzene rings is 2. The lowest BCUT2D eigenvalue weighted by molar-refractivity contribution is -0.118. The highest BCUT2D eigenvalue weighted by Crippen LogP contribution is 2.15. The molecule has 0 aliphatic heterocycles. The van der Waals surface area contributed by atoms with Crippen LogP contribution in [0.15, 0.2) is 53.0 Å². The van der Waals surface area contributed by atoms with Crippen LogP contribution in [0.1, 0.15) is 5.56 Å². The molecule has 0 saturated carbocycles. The van der Waals surface area contributed by atoms with Crippen molar-refractivity contribution in [3.05, 3.63) is 58.6 Å². The van der Waals surface area contributed by atoms with Crippen LogP contribution in [-0.2, 0) is 11.3 Å². The first-order valence-corrected chi connectivity index (χ1v) is 6.94. The molecule has 0 aliphatic carbocycles. The Kier molecular flexibility index (Phi) is 5.15. The van der Waals surface area contributed by atoms with Crippen LogP contribution in [0.2, 0.25) is 0 Å². The molecule has 0 heterocycles. The number of carbonyl (C=O) groups excluding carboxylic acids is 1. The van der Waals surface area contributed by atoms with Crippen molar-refractivity contribution in [1.29, 1.82) is 0 Å². The lowest BCUT2D eigenvalue weighted by Crippen LogP contribution is -2.20. The van der Waals surface area contributed by atoms with Crippen LogP contribution in [0.4, 0.5) is 5.69 Å². The minimum Gasteiger partial charge on any atom is -0.484 e. The monoisotopic (exact) mass is 334 g/mol. The van der Waals surface area contributed by atoms with Gasteiger partial charge in [0.1, 0.15) is 5.75 Å². The highest BCUT2D eigenvalue weighted by Gasteiger charge is 2.04. The lowest BCUT2D eigenvalue weighted by Gasteiger charge is -2.08. The zero-order chi connectivity index (χ0) is 14.4. The topological polar surface area (TPSA) is 64.3 Å². The summed E-state index contributed by atoms with van der Waals surface area (Å²) >= 11 is 3.34. The Hall–Kier alpha value is -1.85. The highest BCUT2D eigenvalue weighted by molar-refractivity contribution is 9.10. The molecule has 0 fully saturated rings. The van der Waals surface area contributed by atoms with Gasteiger partial charge in [0, 0.05) is 16.7 Å². The van der Waals surface area contributed by atoms with E-state index in [9.17, 15) is 4.79 Å². The maximum Gasteiger partial charge on any atom is 0.262 e. The summed E-state index contributed by atoms with van der Waals surface area (Å²) in [6.45, 7) is 0.409. The van der Waals surface area contributed by atoms with E-state index in [1.807, 2.05) is 42.5 Å². The molecule has 0 spiro atoms. The van der Waals surface area contributed by atoms with Crippen molar-refractivity contribution in [1.82, 2.24) is 0 Å². The number of carbonyl (C=O) groups is 1. The van der Waals surface area contributed by atoms with E-state index in [1.54, 1.807) is 6.07 Å². The first-order chi connectivity index (χ1) is 9.67. The SMILES string of the molecule is NCc1cccc(OCC(=O)Nc2ccc(Br)cc2)c1. The molecule has 1 amide bonds. The van der Waals surface area contributed by atoms with Crippen LogP contribution >= 0.6 is 15.9 Å². The molecule has 3 N–H and O–H groups in total. The summed E-state index contributed by atoms with van der Waals surface area (Å²) in [6, 6.07) is 14.7. The van der Waals surface area contributed by atoms with Gasteiger partial charge >= 0.3 is 0 Å². The number of hydrogen-bond donors (Lipinski definition) is 2.